The van der Waals surface area contributed by atoms with Gasteiger partial charge in [0.05, 0.1) is 49.7 Å². The third kappa shape index (κ3) is 7.31. The molecule has 3 aliphatic rings. The van der Waals surface area contributed by atoms with E-state index in [4.69, 9.17) is 21.4 Å². The number of halogens is 4. The molecule has 1 aromatic heterocycles. The minimum absolute atomic E-state index is 0.124. The van der Waals surface area contributed by atoms with Crippen molar-refractivity contribution in [3.05, 3.63) is 47.0 Å². The maximum Gasteiger partial charge on any atom is 0.281 e. The van der Waals surface area contributed by atoms with E-state index in [1.54, 1.807) is 18.5 Å². The number of carbonyl (C=O) groups is 1. The lowest BCUT2D eigenvalue weighted by Crippen LogP contribution is -2.88. The first-order chi connectivity index (χ1) is 21.4. The molecule has 4 heterocycles. The Labute approximate surface area is 264 Å². The number of anilines is 1. The van der Waals surface area contributed by atoms with Gasteiger partial charge in [-0.3, -0.25) is 9.69 Å². The van der Waals surface area contributed by atoms with Crippen LogP contribution in [0.3, 0.4) is 0 Å². The van der Waals surface area contributed by atoms with Crippen LogP contribution in [0.4, 0.5) is 19.1 Å². The molecule has 248 valence electrons. The zero-order valence-corrected chi connectivity index (χ0v) is 25.5. The highest BCUT2D eigenvalue weighted by atomic mass is 35.5. The molecule has 0 bridgehead atoms. The number of aliphatic hydroxyl groups excluding tert-OH is 4. The van der Waals surface area contributed by atoms with Crippen LogP contribution in [-0.4, -0.2) is 128 Å². The summed E-state index contributed by atoms with van der Waals surface area (Å²) in [5.74, 6) is -2.69. The first-order valence-corrected chi connectivity index (χ1v) is 15.5. The molecule has 1 amide bonds. The third-order valence-electron chi connectivity index (χ3n) is 9.21. The highest BCUT2D eigenvalue weighted by molar-refractivity contribution is 6.30. The number of β-amino-alcohol motifs (C(OH)–C–C–N with tert-alkyl or cyclic N) is 1. The van der Waals surface area contributed by atoms with E-state index in [0.717, 1.165) is 38.8 Å². The van der Waals surface area contributed by atoms with Crippen molar-refractivity contribution in [2.45, 2.75) is 61.9 Å². The van der Waals surface area contributed by atoms with Gasteiger partial charge in [-0.2, -0.15) is 0 Å². The van der Waals surface area contributed by atoms with Crippen molar-refractivity contribution in [1.29, 1.82) is 0 Å². The molecule has 0 saturated carbocycles. The molecule has 3 saturated heterocycles. The lowest BCUT2D eigenvalue weighted by atomic mass is 9.73. The normalized spacial score (nSPS) is 21.6. The number of hydrogen-bond donors (Lipinski definition) is 4. The number of likely N-dealkylation sites (tertiary alicyclic amines) is 2. The molecule has 0 radical (unpaired) electrons. The lowest BCUT2D eigenvalue weighted by Gasteiger charge is -2.66. The third-order valence-corrected chi connectivity index (χ3v) is 9.41. The fourth-order valence-corrected chi connectivity index (χ4v) is 6.39. The Morgan fingerprint density at radius 1 is 1.09 bits per heavy atom. The number of ether oxygens (including phenoxy) is 1. The van der Waals surface area contributed by atoms with Crippen molar-refractivity contribution in [2.75, 3.05) is 57.4 Å². The van der Waals surface area contributed by atoms with Crippen molar-refractivity contribution in [3.8, 4) is 5.75 Å². The summed E-state index contributed by atoms with van der Waals surface area (Å²) in [5.41, 5.74) is -1.58. The number of aliphatic hydroxyl groups is 4. The Bertz CT molecular complexity index is 1310. The van der Waals surface area contributed by atoms with E-state index in [-0.39, 0.29) is 31.6 Å². The van der Waals surface area contributed by atoms with Gasteiger partial charge in [0.15, 0.2) is 0 Å². The van der Waals surface area contributed by atoms with E-state index >= 15 is 0 Å². The van der Waals surface area contributed by atoms with Gasteiger partial charge in [-0.05, 0) is 43.2 Å². The van der Waals surface area contributed by atoms with Gasteiger partial charge in [0, 0.05) is 38.8 Å². The molecule has 3 atom stereocenters. The molecule has 15 heteroatoms. The van der Waals surface area contributed by atoms with E-state index in [2.05, 4.69) is 14.9 Å². The van der Waals surface area contributed by atoms with Crippen LogP contribution >= 0.6 is 11.6 Å². The lowest BCUT2D eigenvalue weighted by molar-refractivity contribution is -0.294. The van der Waals surface area contributed by atoms with Gasteiger partial charge in [-0.1, -0.05) is 17.7 Å². The molecule has 5 rings (SSSR count). The van der Waals surface area contributed by atoms with Gasteiger partial charge in [0.2, 0.25) is 11.9 Å². The van der Waals surface area contributed by atoms with Gasteiger partial charge >= 0.3 is 0 Å². The second-order valence-electron chi connectivity index (χ2n) is 12.2. The van der Waals surface area contributed by atoms with Crippen LogP contribution < -0.4 is 9.64 Å². The Kier molecular flexibility index (Phi) is 10.4. The summed E-state index contributed by atoms with van der Waals surface area (Å²) in [6, 6.07) is 4.27. The molecule has 0 aliphatic carbocycles. The molecular formula is C30H39ClF3N5O6. The zero-order valence-electron chi connectivity index (χ0n) is 24.7. The number of alkyl halides is 2. The minimum atomic E-state index is -3.13. The second kappa shape index (κ2) is 13.9. The molecule has 45 heavy (non-hydrogen) atoms. The van der Waals surface area contributed by atoms with Crippen LogP contribution in [0.5, 0.6) is 5.75 Å². The van der Waals surface area contributed by atoms with Crippen LogP contribution in [0.15, 0.2) is 30.6 Å². The van der Waals surface area contributed by atoms with Gasteiger partial charge < -0.3 is 35.0 Å². The Balaban J connectivity index is 1.03. The van der Waals surface area contributed by atoms with Crippen LogP contribution in [0.25, 0.3) is 0 Å². The molecule has 3 aliphatic heterocycles. The van der Waals surface area contributed by atoms with E-state index in [1.165, 1.54) is 21.9 Å². The topological polar surface area (TPSA) is 143 Å². The van der Waals surface area contributed by atoms with E-state index in [9.17, 15) is 33.3 Å². The van der Waals surface area contributed by atoms with Gasteiger partial charge in [0.25, 0.3) is 5.92 Å². The van der Waals surface area contributed by atoms with Crippen molar-refractivity contribution in [2.24, 2.45) is 5.92 Å². The zero-order chi connectivity index (χ0) is 32.4. The first kappa shape index (κ1) is 33.6. The molecule has 4 N–H and O–H groups in total. The SMILES string of the molecule is O=C(Cc1ccc(OCCCC2CCN(c3ncc(Cl)cn3)CC2)cc1F)N1CC2(C1)N(CC(O)C(O)C(O)CO)CC2(F)F. The summed E-state index contributed by atoms with van der Waals surface area (Å²) in [6.07, 6.45) is 1.77. The summed E-state index contributed by atoms with van der Waals surface area (Å²) < 4.78 is 49.7. The molecule has 1 aromatic carbocycles. The summed E-state index contributed by atoms with van der Waals surface area (Å²) >= 11 is 5.86. The fraction of sp³-hybridized carbons (Fsp3) is 0.633. The maximum atomic E-state index is 14.8. The molecule has 3 unspecified atom stereocenters. The number of rotatable bonds is 13. The van der Waals surface area contributed by atoms with Crippen molar-refractivity contribution in [3.63, 3.8) is 0 Å². The monoisotopic (exact) mass is 657 g/mol. The Hall–Kier alpha value is -2.75. The number of hydrogen-bond acceptors (Lipinski definition) is 10. The number of amides is 1. The molecule has 3 fully saturated rings. The fourth-order valence-electron chi connectivity index (χ4n) is 6.30. The Morgan fingerprint density at radius 2 is 1.78 bits per heavy atom. The number of nitrogens with zero attached hydrogens (tertiary/aromatic N) is 5. The van der Waals surface area contributed by atoms with Crippen LogP contribution in [-0.2, 0) is 11.2 Å². The number of carbonyl (C=O) groups excluding carboxylic acids is 1. The molecule has 2 aromatic rings. The van der Waals surface area contributed by atoms with Crippen LogP contribution in [0.2, 0.25) is 5.02 Å². The van der Waals surface area contributed by atoms with Gasteiger partial charge in [-0.15, -0.1) is 0 Å². The van der Waals surface area contributed by atoms with Gasteiger partial charge in [-0.25, -0.2) is 23.1 Å². The van der Waals surface area contributed by atoms with Crippen LogP contribution in [0, 0.1) is 11.7 Å². The van der Waals surface area contributed by atoms with Gasteiger partial charge in [0.1, 0.15) is 29.3 Å². The molecule has 1 spiro atoms. The van der Waals surface area contributed by atoms with E-state index in [1.807, 2.05) is 0 Å². The average molecular weight is 658 g/mol. The predicted molar refractivity (Wildman–Crippen MR) is 158 cm³/mol. The average Bonchev–Trinajstić information content (AvgIpc) is 2.99. The number of aromatic nitrogens is 2. The van der Waals surface area contributed by atoms with E-state index < -0.39 is 54.6 Å². The quantitative estimate of drug-likeness (QED) is 0.234. The largest absolute Gasteiger partial charge is 0.493 e. The minimum Gasteiger partial charge on any atom is -0.493 e. The molecular weight excluding hydrogens is 619 g/mol. The summed E-state index contributed by atoms with van der Waals surface area (Å²) in [6.45, 7) is -0.336. The Morgan fingerprint density at radius 3 is 2.40 bits per heavy atom. The van der Waals surface area contributed by atoms with Crippen molar-refractivity contribution < 1.29 is 43.1 Å². The first-order valence-electron chi connectivity index (χ1n) is 15.1. The van der Waals surface area contributed by atoms with Crippen LogP contribution in [0.1, 0.15) is 31.2 Å². The smallest absolute Gasteiger partial charge is 0.281 e. The maximum absolute atomic E-state index is 14.8. The van der Waals surface area contributed by atoms with Crippen molar-refractivity contribution >= 4 is 23.5 Å². The predicted octanol–water partition coefficient (Wildman–Crippen LogP) is 1.49. The standard InChI is InChI=1S/C30H39ClF3N5O6/c31-21-12-35-28(36-13-21)37-7-5-19(6-8-37)2-1-9-45-22-4-3-20(23(32)11-22)10-26(43)38-16-29(17-38)30(33,34)18-39(29)14-24(41)27(44)25(42)15-40/h3-4,11-13,19,24-25,27,40-42,44H,1-2,5-10,14-18H2. The number of piperidine rings is 1. The highest BCUT2D eigenvalue weighted by Crippen LogP contribution is 2.50. The summed E-state index contributed by atoms with van der Waals surface area (Å²) in [7, 11) is 0. The highest BCUT2D eigenvalue weighted by Gasteiger charge is 2.72. The summed E-state index contributed by atoms with van der Waals surface area (Å²) in [5, 5.41) is 39.0. The molecule has 11 nitrogen and oxygen atoms in total. The van der Waals surface area contributed by atoms with E-state index in [0.29, 0.717) is 29.2 Å². The van der Waals surface area contributed by atoms with Crippen molar-refractivity contribution in [1.82, 2.24) is 19.8 Å². The number of benzene rings is 1. The second-order valence-corrected chi connectivity index (χ2v) is 12.7. The summed E-state index contributed by atoms with van der Waals surface area (Å²) in [4.78, 5) is 26.0.